The maximum atomic E-state index is 5.73. The largest absolute Gasteiger partial charge is 0.353 e. The molecule has 0 radical (unpaired) electrons. The molecule has 1 unspecified atom stereocenters. The summed E-state index contributed by atoms with van der Waals surface area (Å²) in [6, 6.07) is 0. The van der Waals surface area contributed by atoms with Crippen LogP contribution < -0.4 is 0 Å². The average Bonchev–Trinajstić information content (AvgIpc) is 2.29. The lowest BCUT2D eigenvalue weighted by atomic mass is 10.1. The van der Waals surface area contributed by atoms with Crippen LogP contribution in [-0.4, -0.2) is 19.0 Å². The molecular weight excluding hydrogens is 188 g/mol. The molecule has 0 N–H and O–H groups in total. The molecular formula is C13H22O2. The van der Waals surface area contributed by atoms with Gasteiger partial charge in [-0.25, -0.2) is 0 Å². The smallest absolute Gasteiger partial charge is 0.159 e. The van der Waals surface area contributed by atoms with Crippen LogP contribution in [0.5, 0.6) is 0 Å². The van der Waals surface area contributed by atoms with Gasteiger partial charge in [0.1, 0.15) is 6.10 Å². The predicted molar refractivity (Wildman–Crippen MR) is 61.4 cm³/mol. The van der Waals surface area contributed by atoms with Crippen molar-refractivity contribution in [1.82, 2.24) is 0 Å². The first-order chi connectivity index (χ1) is 7.36. The van der Waals surface area contributed by atoms with E-state index in [9.17, 15) is 0 Å². The number of hydrogen-bond donors (Lipinski definition) is 0. The molecule has 2 nitrogen and oxygen atoms in total. The molecule has 0 saturated carbocycles. The average molecular weight is 210 g/mol. The lowest BCUT2D eigenvalue weighted by molar-refractivity contribution is -0.177. The maximum absolute atomic E-state index is 5.73. The molecule has 0 aromatic heterocycles. The third-order valence-corrected chi connectivity index (χ3v) is 2.71. The Balaban J connectivity index is 2.17. The number of unbranched alkanes of at least 4 members (excludes halogenated alkanes) is 2. The van der Waals surface area contributed by atoms with Crippen molar-refractivity contribution in [3.63, 3.8) is 0 Å². The normalized spacial score (nSPS) is 23.3. The van der Waals surface area contributed by atoms with E-state index >= 15 is 0 Å². The molecule has 1 rings (SSSR count). The summed E-state index contributed by atoms with van der Waals surface area (Å²) >= 11 is 0. The van der Waals surface area contributed by atoms with Gasteiger partial charge in [0.05, 0.1) is 0 Å². The minimum atomic E-state index is -0.0559. The van der Waals surface area contributed by atoms with Crippen molar-refractivity contribution < 1.29 is 9.47 Å². The fourth-order valence-electron chi connectivity index (χ4n) is 1.77. The first-order valence-corrected chi connectivity index (χ1v) is 6.10. The van der Waals surface area contributed by atoms with Gasteiger partial charge in [0.2, 0.25) is 0 Å². The molecule has 1 aliphatic rings. The molecule has 0 aromatic carbocycles. The molecule has 0 aliphatic carbocycles. The van der Waals surface area contributed by atoms with E-state index in [1.165, 1.54) is 19.3 Å². The van der Waals surface area contributed by atoms with Crippen LogP contribution in [0.25, 0.3) is 0 Å². The molecule has 1 aliphatic heterocycles. The first kappa shape index (κ1) is 12.5. The Labute approximate surface area is 93.3 Å². The summed E-state index contributed by atoms with van der Waals surface area (Å²) in [6.07, 6.45) is 13.2. The van der Waals surface area contributed by atoms with E-state index in [1.54, 1.807) is 0 Å². The van der Waals surface area contributed by atoms with Gasteiger partial charge in [-0.15, -0.1) is 6.42 Å². The van der Waals surface area contributed by atoms with Gasteiger partial charge in [-0.05, 0) is 32.1 Å². The number of hydrogen-bond acceptors (Lipinski definition) is 2. The second-order valence-electron chi connectivity index (χ2n) is 4.08. The van der Waals surface area contributed by atoms with Gasteiger partial charge in [-0.2, -0.15) is 0 Å². The maximum Gasteiger partial charge on any atom is 0.159 e. The van der Waals surface area contributed by atoms with Crippen molar-refractivity contribution in [1.29, 1.82) is 0 Å². The summed E-state index contributed by atoms with van der Waals surface area (Å²) in [5.41, 5.74) is 0. The molecule has 2 heteroatoms. The lowest BCUT2D eigenvalue weighted by Crippen LogP contribution is -2.27. The highest BCUT2D eigenvalue weighted by Crippen LogP contribution is 2.17. The molecule has 1 saturated heterocycles. The molecule has 1 fully saturated rings. The summed E-state index contributed by atoms with van der Waals surface area (Å²) in [4.78, 5) is 0. The summed E-state index contributed by atoms with van der Waals surface area (Å²) in [7, 11) is 0. The molecule has 15 heavy (non-hydrogen) atoms. The topological polar surface area (TPSA) is 18.5 Å². The van der Waals surface area contributed by atoms with Crippen LogP contribution in [0.15, 0.2) is 0 Å². The predicted octanol–water partition coefficient (Wildman–Crippen LogP) is 3.11. The van der Waals surface area contributed by atoms with Gasteiger partial charge in [0.25, 0.3) is 0 Å². The number of terminal acetylenes is 1. The summed E-state index contributed by atoms with van der Waals surface area (Å²) in [6.45, 7) is 3.01. The SMILES string of the molecule is C#C[C@@H](CCCCC)OC1CCCCO1. The minimum Gasteiger partial charge on any atom is -0.353 e. The highest BCUT2D eigenvalue weighted by Gasteiger charge is 2.17. The molecule has 0 spiro atoms. The fourth-order valence-corrected chi connectivity index (χ4v) is 1.77. The Morgan fingerprint density at radius 3 is 2.93 bits per heavy atom. The van der Waals surface area contributed by atoms with Crippen LogP contribution in [-0.2, 0) is 9.47 Å². The van der Waals surface area contributed by atoms with Gasteiger partial charge in [0.15, 0.2) is 6.29 Å². The highest BCUT2D eigenvalue weighted by atomic mass is 16.7. The standard InChI is InChI=1S/C13H22O2/c1-3-5-6-9-12(4-2)15-13-10-7-8-11-14-13/h2,12-13H,3,5-11H2,1H3/t12-,13?/m0/s1. The summed E-state index contributed by atoms with van der Waals surface area (Å²) in [5.74, 6) is 2.71. The summed E-state index contributed by atoms with van der Waals surface area (Å²) < 4.78 is 11.2. The Morgan fingerprint density at radius 2 is 2.33 bits per heavy atom. The van der Waals surface area contributed by atoms with E-state index < -0.39 is 0 Å². The van der Waals surface area contributed by atoms with Crippen LogP contribution in [0, 0.1) is 12.3 Å². The molecule has 0 amide bonds. The van der Waals surface area contributed by atoms with Crippen LogP contribution in [0.3, 0.4) is 0 Å². The van der Waals surface area contributed by atoms with Crippen molar-refractivity contribution >= 4 is 0 Å². The van der Waals surface area contributed by atoms with Gasteiger partial charge in [-0.3, -0.25) is 0 Å². The van der Waals surface area contributed by atoms with Crippen LogP contribution >= 0.6 is 0 Å². The zero-order valence-electron chi connectivity index (χ0n) is 9.71. The van der Waals surface area contributed by atoms with Crippen molar-refractivity contribution in [3.05, 3.63) is 0 Å². The molecule has 1 heterocycles. The lowest BCUT2D eigenvalue weighted by Gasteiger charge is -2.25. The van der Waals surface area contributed by atoms with Crippen molar-refractivity contribution in [2.75, 3.05) is 6.61 Å². The number of ether oxygens (including phenoxy) is 2. The van der Waals surface area contributed by atoms with E-state index in [2.05, 4.69) is 12.8 Å². The Hall–Kier alpha value is -0.520. The minimum absolute atomic E-state index is 0.0542. The Morgan fingerprint density at radius 1 is 1.47 bits per heavy atom. The third kappa shape index (κ3) is 5.20. The van der Waals surface area contributed by atoms with Crippen LogP contribution in [0.2, 0.25) is 0 Å². The van der Waals surface area contributed by atoms with Crippen LogP contribution in [0.4, 0.5) is 0 Å². The summed E-state index contributed by atoms with van der Waals surface area (Å²) in [5, 5.41) is 0. The fraction of sp³-hybridized carbons (Fsp3) is 0.846. The van der Waals surface area contributed by atoms with Gasteiger partial charge < -0.3 is 9.47 Å². The van der Waals surface area contributed by atoms with Crippen molar-refractivity contribution in [3.8, 4) is 12.3 Å². The highest BCUT2D eigenvalue weighted by molar-refractivity contribution is 4.94. The van der Waals surface area contributed by atoms with E-state index in [4.69, 9.17) is 15.9 Å². The van der Waals surface area contributed by atoms with E-state index in [0.29, 0.717) is 0 Å². The van der Waals surface area contributed by atoms with Crippen molar-refractivity contribution in [2.45, 2.75) is 64.3 Å². The van der Waals surface area contributed by atoms with Gasteiger partial charge in [0, 0.05) is 6.61 Å². The first-order valence-electron chi connectivity index (χ1n) is 6.10. The zero-order valence-corrected chi connectivity index (χ0v) is 9.71. The third-order valence-electron chi connectivity index (χ3n) is 2.71. The number of rotatable bonds is 6. The van der Waals surface area contributed by atoms with E-state index in [0.717, 1.165) is 32.3 Å². The Bertz CT molecular complexity index is 189. The van der Waals surface area contributed by atoms with E-state index in [1.807, 2.05) is 0 Å². The second kappa shape index (κ2) is 7.73. The molecule has 2 atom stereocenters. The zero-order chi connectivity index (χ0) is 10.9. The molecule has 0 bridgehead atoms. The quantitative estimate of drug-likeness (QED) is 0.495. The second-order valence-corrected chi connectivity index (χ2v) is 4.08. The molecule has 0 aromatic rings. The Kier molecular flexibility index (Phi) is 6.47. The van der Waals surface area contributed by atoms with Crippen molar-refractivity contribution in [2.24, 2.45) is 0 Å². The monoisotopic (exact) mass is 210 g/mol. The van der Waals surface area contributed by atoms with Gasteiger partial charge >= 0.3 is 0 Å². The van der Waals surface area contributed by atoms with Crippen LogP contribution in [0.1, 0.15) is 51.9 Å². The van der Waals surface area contributed by atoms with Gasteiger partial charge in [-0.1, -0.05) is 25.7 Å². The molecule has 86 valence electrons. The van der Waals surface area contributed by atoms with E-state index in [-0.39, 0.29) is 12.4 Å².